The van der Waals surface area contributed by atoms with E-state index in [1.807, 2.05) is 38.1 Å². The molecule has 35 heavy (non-hydrogen) atoms. The van der Waals surface area contributed by atoms with Gasteiger partial charge in [-0.3, -0.25) is 9.59 Å². The van der Waals surface area contributed by atoms with Gasteiger partial charge in [0.25, 0.3) is 5.91 Å². The summed E-state index contributed by atoms with van der Waals surface area (Å²) in [4.78, 5) is 40.3. The van der Waals surface area contributed by atoms with Gasteiger partial charge in [0.2, 0.25) is 5.91 Å². The quantitative estimate of drug-likeness (QED) is 0.497. The molecule has 2 rings (SSSR count). The fourth-order valence-corrected chi connectivity index (χ4v) is 3.44. The van der Waals surface area contributed by atoms with Crippen molar-refractivity contribution >= 4 is 23.6 Å². The molecule has 0 saturated carbocycles. The Labute approximate surface area is 205 Å². The predicted molar refractivity (Wildman–Crippen MR) is 131 cm³/mol. The van der Waals surface area contributed by atoms with Gasteiger partial charge in [-0.2, -0.15) is 5.26 Å². The summed E-state index contributed by atoms with van der Waals surface area (Å²) in [5.41, 5.74) is 1.89. The van der Waals surface area contributed by atoms with Gasteiger partial charge in [0.15, 0.2) is 0 Å². The van der Waals surface area contributed by atoms with Crippen molar-refractivity contribution in [2.24, 2.45) is 0 Å². The second kappa shape index (κ2) is 12.0. The summed E-state index contributed by atoms with van der Waals surface area (Å²) in [5, 5.41) is 24.5. The molecule has 3 N–H and O–H groups in total. The van der Waals surface area contributed by atoms with E-state index in [-0.39, 0.29) is 0 Å². The Morgan fingerprint density at radius 2 is 1.80 bits per heavy atom. The maximum absolute atomic E-state index is 13.5. The number of aryl methyl sites for hydroxylation is 2. The molecule has 2 aromatic rings. The molecular weight excluding hydrogens is 448 g/mol. The third kappa shape index (κ3) is 7.83. The van der Waals surface area contributed by atoms with E-state index in [0.717, 1.165) is 16.0 Å². The van der Waals surface area contributed by atoms with Gasteiger partial charge in [0.1, 0.15) is 24.2 Å². The highest BCUT2D eigenvalue weighted by Gasteiger charge is 2.36. The molecule has 186 valence electrons. The number of amides is 3. The van der Waals surface area contributed by atoms with Gasteiger partial charge in [-0.25, -0.2) is 4.79 Å². The minimum Gasteiger partial charge on any atom is -0.444 e. The molecule has 9 nitrogen and oxygen atoms in total. The number of hydrogen-bond donors (Lipinski definition) is 3. The van der Waals surface area contributed by atoms with Crippen LogP contribution < -0.4 is 10.6 Å². The van der Waals surface area contributed by atoms with Crippen LogP contribution in [0.2, 0.25) is 0 Å². The van der Waals surface area contributed by atoms with Crippen molar-refractivity contribution in [2.45, 2.75) is 52.3 Å². The highest BCUT2D eigenvalue weighted by atomic mass is 16.6. The largest absolute Gasteiger partial charge is 0.444 e. The van der Waals surface area contributed by atoms with Crippen LogP contribution in [0.15, 0.2) is 48.5 Å². The first-order valence-electron chi connectivity index (χ1n) is 11.2. The zero-order valence-corrected chi connectivity index (χ0v) is 20.7. The first-order chi connectivity index (χ1) is 16.5. The molecule has 2 aromatic carbocycles. The normalized spacial score (nSPS) is 12.6. The SMILES string of the molecule is Cc1cccc(C(C(=O)Nc2ccccc2C)N(CC#N)C(=O)C(CO)NC(=O)OC(C)(C)C)c1. The van der Waals surface area contributed by atoms with Gasteiger partial charge >= 0.3 is 6.09 Å². The van der Waals surface area contributed by atoms with E-state index in [9.17, 15) is 24.8 Å². The Balaban J connectivity index is 2.45. The lowest BCUT2D eigenvalue weighted by molar-refractivity contribution is -0.140. The lowest BCUT2D eigenvalue weighted by Gasteiger charge is -2.32. The fourth-order valence-electron chi connectivity index (χ4n) is 3.44. The highest BCUT2D eigenvalue weighted by Crippen LogP contribution is 2.26. The molecule has 2 unspecified atom stereocenters. The Morgan fingerprint density at radius 1 is 1.11 bits per heavy atom. The summed E-state index contributed by atoms with van der Waals surface area (Å²) in [6.07, 6.45) is -0.904. The molecule has 0 saturated heterocycles. The Morgan fingerprint density at radius 3 is 2.37 bits per heavy atom. The number of nitrogens with zero attached hydrogens (tertiary/aromatic N) is 2. The van der Waals surface area contributed by atoms with Crippen molar-refractivity contribution in [2.75, 3.05) is 18.5 Å². The molecule has 0 radical (unpaired) electrons. The first kappa shape index (κ1) is 27.3. The van der Waals surface area contributed by atoms with Crippen molar-refractivity contribution in [3.8, 4) is 6.07 Å². The lowest BCUT2D eigenvalue weighted by atomic mass is 10.0. The van der Waals surface area contributed by atoms with Crippen LogP contribution in [-0.4, -0.2) is 52.7 Å². The average molecular weight is 481 g/mol. The minimum atomic E-state index is -1.42. The maximum atomic E-state index is 13.5. The maximum Gasteiger partial charge on any atom is 0.408 e. The molecule has 0 aliphatic heterocycles. The van der Waals surface area contributed by atoms with Crippen molar-refractivity contribution < 1.29 is 24.2 Å². The van der Waals surface area contributed by atoms with Crippen molar-refractivity contribution in [1.29, 1.82) is 5.26 Å². The Hall–Kier alpha value is -3.90. The first-order valence-corrected chi connectivity index (χ1v) is 11.2. The third-order valence-corrected chi connectivity index (χ3v) is 5.02. The van der Waals surface area contributed by atoms with Crippen LogP contribution in [0.1, 0.15) is 43.5 Å². The van der Waals surface area contributed by atoms with E-state index in [1.54, 1.807) is 51.1 Å². The van der Waals surface area contributed by atoms with Gasteiger partial charge in [0, 0.05) is 5.69 Å². The number of hydrogen-bond acceptors (Lipinski definition) is 6. The monoisotopic (exact) mass is 480 g/mol. The number of nitriles is 1. The van der Waals surface area contributed by atoms with Gasteiger partial charge in [0.05, 0.1) is 12.7 Å². The lowest BCUT2D eigenvalue weighted by Crippen LogP contribution is -2.54. The van der Waals surface area contributed by atoms with Crippen LogP contribution in [0.5, 0.6) is 0 Å². The number of ether oxygens (including phenoxy) is 1. The molecule has 0 heterocycles. The molecule has 0 fully saturated rings. The Kier molecular flexibility index (Phi) is 9.37. The van der Waals surface area contributed by atoms with E-state index < -0.39 is 48.7 Å². The van der Waals surface area contributed by atoms with Crippen LogP contribution in [-0.2, 0) is 14.3 Å². The van der Waals surface area contributed by atoms with Crippen LogP contribution in [0.3, 0.4) is 0 Å². The van der Waals surface area contributed by atoms with E-state index >= 15 is 0 Å². The molecule has 9 heteroatoms. The molecule has 3 amide bonds. The number of anilines is 1. The standard InChI is InChI=1S/C26H32N4O5/c1-17-9-8-11-19(15-17)22(23(32)28-20-12-7-6-10-18(20)2)30(14-13-27)24(33)21(16-31)29-25(34)35-26(3,4)5/h6-12,15,21-22,31H,14,16H2,1-5H3,(H,28,32)(H,29,34). The summed E-state index contributed by atoms with van der Waals surface area (Å²) in [6.45, 7) is 7.46. The van der Waals surface area contributed by atoms with E-state index in [0.29, 0.717) is 11.3 Å². The summed E-state index contributed by atoms with van der Waals surface area (Å²) in [5.74, 6) is -1.34. The number of aliphatic hydroxyl groups excluding tert-OH is 1. The summed E-state index contributed by atoms with van der Waals surface area (Å²) in [6, 6.07) is 13.5. The third-order valence-electron chi connectivity index (χ3n) is 5.02. The molecule has 0 bridgehead atoms. The van der Waals surface area contributed by atoms with Gasteiger partial charge in [-0.05, 0) is 51.8 Å². The number of nitrogens with one attached hydrogen (secondary N) is 2. The minimum absolute atomic E-state index is 0.453. The smallest absolute Gasteiger partial charge is 0.408 e. The number of carbonyl (C=O) groups excluding carboxylic acids is 3. The predicted octanol–water partition coefficient (Wildman–Crippen LogP) is 3.22. The van der Waals surface area contributed by atoms with Crippen LogP contribution in [0.4, 0.5) is 10.5 Å². The molecular formula is C26H32N4O5. The second-order valence-corrected chi connectivity index (χ2v) is 9.13. The van der Waals surface area contributed by atoms with Crippen molar-refractivity contribution in [3.63, 3.8) is 0 Å². The van der Waals surface area contributed by atoms with Crippen molar-refractivity contribution in [3.05, 3.63) is 65.2 Å². The topological polar surface area (TPSA) is 132 Å². The number of benzene rings is 2. The van der Waals surface area contributed by atoms with Crippen LogP contribution in [0.25, 0.3) is 0 Å². The molecule has 2 atom stereocenters. The number of carbonyl (C=O) groups is 3. The van der Waals surface area contributed by atoms with Crippen LogP contribution in [0, 0.1) is 25.2 Å². The number of aliphatic hydroxyl groups is 1. The van der Waals surface area contributed by atoms with Crippen molar-refractivity contribution in [1.82, 2.24) is 10.2 Å². The molecule has 0 aliphatic rings. The van der Waals surface area contributed by atoms with E-state index in [4.69, 9.17) is 4.74 Å². The van der Waals surface area contributed by atoms with Gasteiger partial charge < -0.3 is 25.4 Å². The zero-order chi connectivity index (χ0) is 26.2. The highest BCUT2D eigenvalue weighted by molar-refractivity contribution is 5.99. The zero-order valence-electron chi connectivity index (χ0n) is 20.7. The van der Waals surface area contributed by atoms with E-state index in [2.05, 4.69) is 10.6 Å². The number of para-hydroxylation sites is 1. The number of rotatable bonds is 8. The molecule has 0 aliphatic carbocycles. The second-order valence-electron chi connectivity index (χ2n) is 9.13. The summed E-state index contributed by atoms with van der Waals surface area (Å²) >= 11 is 0. The number of alkyl carbamates (subject to hydrolysis) is 1. The van der Waals surface area contributed by atoms with E-state index in [1.165, 1.54) is 0 Å². The van der Waals surface area contributed by atoms with Gasteiger partial charge in [-0.1, -0.05) is 48.0 Å². The summed E-state index contributed by atoms with van der Waals surface area (Å²) < 4.78 is 5.18. The van der Waals surface area contributed by atoms with Crippen LogP contribution >= 0.6 is 0 Å². The Bertz CT molecular complexity index is 1100. The average Bonchev–Trinajstić information content (AvgIpc) is 2.77. The molecule has 0 spiro atoms. The summed E-state index contributed by atoms with van der Waals surface area (Å²) in [7, 11) is 0. The fraction of sp³-hybridized carbons (Fsp3) is 0.385. The van der Waals surface area contributed by atoms with Gasteiger partial charge in [-0.15, -0.1) is 0 Å². The molecule has 0 aromatic heterocycles.